The van der Waals surface area contributed by atoms with Crippen LogP contribution in [0.2, 0.25) is 0 Å². The zero-order valence-electron chi connectivity index (χ0n) is 34.8. The van der Waals surface area contributed by atoms with Crippen LogP contribution in [0.3, 0.4) is 0 Å². The number of anilines is 3. The molecule has 0 fully saturated rings. The minimum atomic E-state index is 1.10. The highest BCUT2D eigenvalue weighted by Gasteiger charge is 2.30. The molecule has 11 rings (SSSR count). The Hall–Kier alpha value is -8.26. The van der Waals surface area contributed by atoms with Crippen LogP contribution < -0.4 is 4.90 Å². The molecule has 1 heteroatoms. The number of para-hydroxylation sites is 2. The third-order valence-corrected chi connectivity index (χ3v) is 12.3. The Labute approximate surface area is 369 Å². The Bertz CT molecular complexity index is 3100. The average molecular weight is 802 g/mol. The molecule has 0 aliphatic heterocycles. The van der Waals surface area contributed by atoms with E-state index in [4.69, 9.17) is 0 Å². The number of benzene rings is 11. The van der Waals surface area contributed by atoms with Crippen molar-refractivity contribution in [1.82, 2.24) is 0 Å². The number of nitrogens with zero attached hydrogens (tertiary/aromatic N) is 1. The van der Waals surface area contributed by atoms with Gasteiger partial charge < -0.3 is 4.90 Å². The summed E-state index contributed by atoms with van der Waals surface area (Å²) in [5.41, 5.74) is 17.3. The molecular weight excluding hydrogens is 759 g/mol. The molecule has 0 unspecified atom stereocenters. The van der Waals surface area contributed by atoms with Crippen molar-refractivity contribution in [3.63, 3.8) is 0 Å². The molecule has 0 aliphatic carbocycles. The standard InChI is InChI=1S/C62H43N/c1-7-24-44(25-8-1)50-38-21-39-51(45-26-9-2-10-27-45)61(50)63(62-52(46-28-11-3-12-29-46)40-22-41-53(62)47-30-13-4-14-31-47)57-43-23-42-56-59(49-34-17-6-18-35-49)58(48-32-15-5-16-33-48)54-36-19-20-37-55(54)60(56)57/h1-43H. The van der Waals surface area contributed by atoms with E-state index in [0.717, 1.165) is 61.6 Å². The maximum absolute atomic E-state index is 2.61. The van der Waals surface area contributed by atoms with Crippen molar-refractivity contribution in [3.8, 4) is 66.8 Å². The van der Waals surface area contributed by atoms with Crippen LogP contribution in [0.4, 0.5) is 17.1 Å². The van der Waals surface area contributed by atoms with Crippen LogP contribution in [0.25, 0.3) is 88.3 Å². The molecule has 296 valence electrons. The Kier molecular flexibility index (Phi) is 9.97. The fraction of sp³-hybridized carbons (Fsp3) is 0. The van der Waals surface area contributed by atoms with Crippen LogP contribution in [0.5, 0.6) is 0 Å². The van der Waals surface area contributed by atoms with E-state index < -0.39 is 0 Å². The summed E-state index contributed by atoms with van der Waals surface area (Å²) in [6, 6.07) is 95.0. The van der Waals surface area contributed by atoms with Crippen molar-refractivity contribution in [2.75, 3.05) is 4.90 Å². The molecule has 0 radical (unpaired) electrons. The van der Waals surface area contributed by atoms with Crippen molar-refractivity contribution >= 4 is 38.6 Å². The lowest BCUT2D eigenvalue weighted by Crippen LogP contribution is -2.16. The van der Waals surface area contributed by atoms with Gasteiger partial charge in [-0.25, -0.2) is 0 Å². The summed E-state index contributed by atoms with van der Waals surface area (Å²) < 4.78 is 0. The van der Waals surface area contributed by atoms with Crippen molar-refractivity contribution < 1.29 is 0 Å². The van der Waals surface area contributed by atoms with Crippen LogP contribution in [0, 0.1) is 0 Å². The van der Waals surface area contributed by atoms with Crippen molar-refractivity contribution in [1.29, 1.82) is 0 Å². The van der Waals surface area contributed by atoms with Gasteiger partial charge in [-0.2, -0.15) is 0 Å². The maximum atomic E-state index is 2.61. The zero-order valence-corrected chi connectivity index (χ0v) is 34.8. The molecule has 11 aromatic carbocycles. The van der Waals surface area contributed by atoms with Gasteiger partial charge in [0.15, 0.2) is 0 Å². The first-order chi connectivity index (χ1) is 31.3. The van der Waals surface area contributed by atoms with Crippen LogP contribution in [0.15, 0.2) is 261 Å². The summed E-state index contributed by atoms with van der Waals surface area (Å²) in [6.07, 6.45) is 0. The topological polar surface area (TPSA) is 3.24 Å². The summed E-state index contributed by atoms with van der Waals surface area (Å²) in [6.45, 7) is 0. The molecule has 0 saturated carbocycles. The van der Waals surface area contributed by atoms with Gasteiger partial charge in [-0.1, -0.05) is 255 Å². The van der Waals surface area contributed by atoms with Gasteiger partial charge in [0.25, 0.3) is 0 Å². The van der Waals surface area contributed by atoms with E-state index in [1.807, 2.05) is 0 Å². The van der Waals surface area contributed by atoms with Crippen LogP contribution in [0.1, 0.15) is 0 Å². The summed E-state index contributed by atoms with van der Waals surface area (Å²) in [7, 11) is 0. The number of fused-ring (bicyclic) bond motifs is 3. The largest absolute Gasteiger partial charge is 0.307 e. The fourth-order valence-corrected chi connectivity index (χ4v) is 9.54. The summed E-state index contributed by atoms with van der Waals surface area (Å²) in [5.74, 6) is 0. The molecule has 0 atom stereocenters. The lowest BCUT2D eigenvalue weighted by atomic mass is 9.84. The number of rotatable bonds is 9. The lowest BCUT2D eigenvalue weighted by Gasteiger charge is -2.35. The van der Waals surface area contributed by atoms with Crippen molar-refractivity contribution in [2.24, 2.45) is 0 Å². The molecule has 0 bridgehead atoms. The summed E-state index contributed by atoms with van der Waals surface area (Å²) in [5, 5.41) is 4.79. The van der Waals surface area contributed by atoms with E-state index >= 15 is 0 Å². The minimum Gasteiger partial charge on any atom is -0.307 e. The van der Waals surface area contributed by atoms with E-state index in [2.05, 4.69) is 266 Å². The van der Waals surface area contributed by atoms with E-state index in [1.165, 1.54) is 43.8 Å². The molecule has 63 heavy (non-hydrogen) atoms. The molecule has 0 spiro atoms. The van der Waals surface area contributed by atoms with Gasteiger partial charge in [-0.3, -0.25) is 0 Å². The second-order valence-electron chi connectivity index (χ2n) is 15.9. The van der Waals surface area contributed by atoms with Gasteiger partial charge in [-0.15, -0.1) is 0 Å². The maximum Gasteiger partial charge on any atom is 0.0619 e. The predicted molar refractivity (Wildman–Crippen MR) is 269 cm³/mol. The first kappa shape index (κ1) is 37.7. The van der Waals surface area contributed by atoms with Gasteiger partial charge in [0.1, 0.15) is 0 Å². The molecule has 0 aromatic heterocycles. The van der Waals surface area contributed by atoms with E-state index in [1.54, 1.807) is 0 Å². The highest BCUT2D eigenvalue weighted by molar-refractivity contribution is 6.26. The first-order valence-electron chi connectivity index (χ1n) is 21.7. The van der Waals surface area contributed by atoms with Gasteiger partial charge in [-0.05, 0) is 66.7 Å². The highest BCUT2D eigenvalue weighted by atomic mass is 15.2. The Morgan fingerprint density at radius 3 is 0.873 bits per heavy atom. The summed E-state index contributed by atoms with van der Waals surface area (Å²) >= 11 is 0. The Balaban J connectivity index is 1.38. The number of hydrogen-bond acceptors (Lipinski definition) is 1. The molecule has 0 aliphatic rings. The zero-order chi connectivity index (χ0) is 42.0. The van der Waals surface area contributed by atoms with Gasteiger partial charge in [0.05, 0.1) is 17.1 Å². The van der Waals surface area contributed by atoms with Gasteiger partial charge in [0.2, 0.25) is 0 Å². The monoisotopic (exact) mass is 801 g/mol. The molecule has 11 aromatic rings. The van der Waals surface area contributed by atoms with E-state index in [9.17, 15) is 0 Å². The summed E-state index contributed by atoms with van der Waals surface area (Å²) in [4.78, 5) is 2.61. The van der Waals surface area contributed by atoms with Crippen LogP contribution in [-0.2, 0) is 0 Å². The van der Waals surface area contributed by atoms with Crippen molar-refractivity contribution in [3.05, 3.63) is 261 Å². The van der Waals surface area contributed by atoms with Crippen molar-refractivity contribution in [2.45, 2.75) is 0 Å². The second-order valence-corrected chi connectivity index (χ2v) is 15.9. The van der Waals surface area contributed by atoms with Crippen LogP contribution >= 0.6 is 0 Å². The quantitative estimate of drug-likeness (QED) is 0.131. The normalized spacial score (nSPS) is 11.2. The molecule has 0 N–H and O–H groups in total. The lowest BCUT2D eigenvalue weighted by molar-refractivity contribution is 1.30. The second kappa shape index (κ2) is 16.7. The van der Waals surface area contributed by atoms with Crippen LogP contribution in [-0.4, -0.2) is 0 Å². The SMILES string of the molecule is c1ccc(-c2cccc(-c3ccccc3)c2N(c2c(-c3ccccc3)cccc2-c2ccccc2)c2cccc3c(-c4ccccc4)c(-c4ccccc4)c4ccccc4c23)cc1. The van der Waals surface area contributed by atoms with E-state index in [-0.39, 0.29) is 0 Å². The predicted octanol–water partition coefficient (Wildman–Crippen LogP) is 17.5. The minimum absolute atomic E-state index is 1.10. The molecular formula is C62H43N. The molecule has 0 saturated heterocycles. The number of hydrogen-bond donors (Lipinski definition) is 0. The third kappa shape index (κ3) is 6.87. The first-order valence-corrected chi connectivity index (χ1v) is 21.7. The Morgan fingerprint density at radius 1 is 0.206 bits per heavy atom. The Morgan fingerprint density at radius 2 is 0.492 bits per heavy atom. The third-order valence-electron chi connectivity index (χ3n) is 12.3. The van der Waals surface area contributed by atoms with Gasteiger partial charge in [0, 0.05) is 27.6 Å². The molecule has 1 nitrogen and oxygen atoms in total. The smallest absolute Gasteiger partial charge is 0.0619 e. The fourth-order valence-electron chi connectivity index (χ4n) is 9.54. The van der Waals surface area contributed by atoms with Gasteiger partial charge >= 0.3 is 0 Å². The molecule has 0 amide bonds. The molecule has 0 heterocycles. The highest BCUT2D eigenvalue weighted by Crippen LogP contribution is 2.55. The van der Waals surface area contributed by atoms with E-state index in [0.29, 0.717) is 0 Å². The average Bonchev–Trinajstić information content (AvgIpc) is 3.37.